The molecule has 11 nitrogen and oxygen atoms in total. The molecule has 1 heterocycles. The first-order chi connectivity index (χ1) is 14.4. The Morgan fingerprint density at radius 1 is 0.903 bits per heavy atom. The number of rotatable bonds is 12. The van der Waals surface area contributed by atoms with Gasteiger partial charge in [0.05, 0.1) is 6.04 Å². The molecule has 4 atom stereocenters. The summed E-state index contributed by atoms with van der Waals surface area (Å²) < 4.78 is 0. The minimum absolute atomic E-state index is 0.222. The maximum Gasteiger partial charge on any atom is 0.326 e. The van der Waals surface area contributed by atoms with Crippen LogP contribution in [0.5, 0.6) is 0 Å². The van der Waals surface area contributed by atoms with E-state index in [1.165, 1.54) is 0 Å². The summed E-state index contributed by atoms with van der Waals surface area (Å²) in [5.74, 6) is -4.85. The third-order valence-corrected chi connectivity index (χ3v) is 5.13. The summed E-state index contributed by atoms with van der Waals surface area (Å²) in [5.41, 5.74) is 0. The highest BCUT2D eigenvalue weighted by atomic mass is 16.4. The molecule has 6 N–H and O–H groups in total. The van der Waals surface area contributed by atoms with Crippen molar-refractivity contribution in [1.29, 1.82) is 0 Å². The quantitative estimate of drug-likeness (QED) is 0.233. The van der Waals surface area contributed by atoms with E-state index in [0.29, 0.717) is 13.0 Å². The summed E-state index contributed by atoms with van der Waals surface area (Å²) in [4.78, 5) is 60.3. The summed E-state index contributed by atoms with van der Waals surface area (Å²) >= 11 is 0. The van der Waals surface area contributed by atoms with E-state index in [9.17, 15) is 29.1 Å². The van der Waals surface area contributed by atoms with Crippen LogP contribution in [0.15, 0.2) is 0 Å². The van der Waals surface area contributed by atoms with Crippen LogP contribution in [0.3, 0.4) is 0 Å². The molecule has 0 aliphatic carbocycles. The van der Waals surface area contributed by atoms with E-state index >= 15 is 0 Å². The molecule has 0 bridgehead atoms. The summed E-state index contributed by atoms with van der Waals surface area (Å²) in [7, 11) is 0. The third kappa shape index (κ3) is 8.52. The molecule has 0 saturated carbocycles. The summed E-state index contributed by atoms with van der Waals surface area (Å²) in [5, 5.41) is 28.8. The van der Waals surface area contributed by atoms with Gasteiger partial charge >= 0.3 is 11.9 Å². The molecule has 1 aliphatic rings. The lowest BCUT2D eigenvalue weighted by atomic mass is 10.0. The van der Waals surface area contributed by atoms with Gasteiger partial charge in [0.1, 0.15) is 18.1 Å². The van der Waals surface area contributed by atoms with E-state index in [1.54, 1.807) is 27.7 Å². The van der Waals surface area contributed by atoms with Crippen molar-refractivity contribution in [3.63, 3.8) is 0 Å². The zero-order valence-electron chi connectivity index (χ0n) is 18.4. The molecule has 0 radical (unpaired) electrons. The van der Waals surface area contributed by atoms with Crippen LogP contribution in [-0.4, -0.2) is 70.6 Å². The van der Waals surface area contributed by atoms with Crippen molar-refractivity contribution in [3.05, 3.63) is 0 Å². The number of carbonyl (C=O) groups excluding carboxylic acids is 3. The average Bonchev–Trinajstić information content (AvgIpc) is 3.20. The average molecular weight is 443 g/mol. The lowest BCUT2D eigenvalue weighted by Gasteiger charge is -2.27. The van der Waals surface area contributed by atoms with Crippen molar-refractivity contribution in [2.75, 3.05) is 6.54 Å². The first-order valence-corrected chi connectivity index (χ1v) is 10.5. The number of nitrogens with one attached hydrogen (secondary N) is 4. The first-order valence-electron chi connectivity index (χ1n) is 10.5. The van der Waals surface area contributed by atoms with Crippen LogP contribution in [0.4, 0.5) is 0 Å². The molecule has 0 aromatic rings. The van der Waals surface area contributed by atoms with Gasteiger partial charge in [-0.15, -0.1) is 0 Å². The SMILES string of the molecule is CC(C)C(NC(=O)C(CCC(=O)O)NC(=O)C(NC(=O)C1CCCN1)C(C)C)C(=O)O. The zero-order valence-corrected chi connectivity index (χ0v) is 18.4. The third-order valence-electron chi connectivity index (χ3n) is 5.13. The number of hydrogen-bond acceptors (Lipinski definition) is 6. The van der Waals surface area contributed by atoms with Crippen LogP contribution in [-0.2, 0) is 24.0 Å². The molecule has 1 saturated heterocycles. The van der Waals surface area contributed by atoms with Gasteiger partial charge in [-0.25, -0.2) is 4.79 Å². The van der Waals surface area contributed by atoms with E-state index in [2.05, 4.69) is 21.3 Å². The number of carbonyl (C=O) groups is 5. The van der Waals surface area contributed by atoms with E-state index in [1.807, 2.05) is 0 Å². The number of carboxylic acids is 2. The fourth-order valence-corrected chi connectivity index (χ4v) is 3.26. The Hall–Kier alpha value is -2.69. The largest absolute Gasteiger partial charge is 0.481 e. The second-order valence-electron chi connectivity index (χ2n) is 8.44. The van der Waals surface area contributed by atoms with Crippen LogP contribution >= 0.6 is 0 Å². The summed E-state index contributed by atoms with van der Waals surface area (Å²) in [6, 6.07) is -3.77. The molecule has 11 heteroatoms. The molecule has 4 unspecified atom stereocenters. The predicted molar refractivity (Wildman–Crippen MR) is 111 cm³/mol. The van der Waals surface area contributed by atoms with Crippen molar-refractivity contribution in [2.24, 2.45) is 11.8 Å². The van der Waals surface area contributed by atoms with Gasteiger partial charge in [-0.3, -0.25) is 19.2 Å². The number of aliphatic carboxylic acids is 2. The molecule has 1 aliphatic heterocycles. The maximum absolute atomic E-state index is 12.9. The van der Waals surface area contributed by atoms with Crippen LogP contribution < -0.4 is 21.3 Å². The lowest BCUT2D eigenvalue weighted by Crippen LogP contribution is -2.58. The molecule has 0 aromatic carbocycles. The van der Waals surface area contributed by atoms with Crippen LogP contribution in [0.1, 0.15) is 53.4 Å². The Labute approximate surface area is 181 Å². The van der Waals surface area contributed by atoms with E-state index in [0.717, 1.165) is 6.42 Å². The summed E-state index contributed by atoms with van der Waals surface area (Å²) in [6.45, 7) is 7.42. The van der Waals surface area contributed by atoms with E-state index in [-0.39, 0.29) is 24.3 Å². The zero-order chi connectivity index (χ0) is 23.7. The lowest BCUT2D eigenvalue weighted by molar-refractivity contribution is -0.144. The minimum atomic E-state index is -1.26. The topological polar surface area (TPSA) is 174 Å². The second kappa shape index (κ2) is 12.2. The number of carboxylic acid groups (broad SMARTS) is 2. The highest BCUT2D eigenvalue weighted by Crippen LogP contribution is 2.10. The standard InChI is InChI=1S/C20H34N4O7/c1-10(2)15(23-17(27)12-6-5-9-21-12)19(29)22-13(7-8-14(25)26)18(28)24-16(11(3)4)20(30)31/h10-13,15-16,21H,5-9H2,1-4H3,(H,22,29)(H,23,27)(H,24,28)(H,25,26)(H,30,31). The fourth-order valence-electron chi connectivity index (χ4n) is 3.26. The van der Waals surface area contributed by atoms with Crippen LogP contribution in [0.25, 0.3) is 0 Å². The molecule has 1 fully saturated rings. The Morgan fingerprint density at radius 2 is 1.52 bits per heavy atom. The first kappa shape index (κ1) is 26.3. The van der Waals surface area contributed by atoms with Gasteiger partial charge in [0, 0.05) is 6.42 Å². The molecule has 0 aromatic heterocycles. The van der Waals surface area contributed by atoms with Gasteiger partial charge in [0.15, 0.2) is 0 Å². The van der Waals surface area contributed by atoms with Gasteiger partial charge in [0.2, 0.25) is 17.7 Å². The minimum Gasteiger partial charge on any atom is -0.481 e. The predicted octanol–water partition coefficient (Wildman–Crippen LogP) is -0.546. The molecule has 176 valence electrons. The second-order valence-corrected chi connectivity index (χ2v) is 8.44. The van der Waals surface area contributed by atoms with Gasteiger partial charge in [-0.05, 0) is 37.6 Å². The number of hydrogen-bond donors (Lipinski definition) is 6. The van der Waals surface area contributed by atoms with E-state index < -0.39 is 54.2 Å². The number of amides is 3. The molecule has 0 spiro atoms. The van der Waals surface area contributed by atoms with Gasteiger partial charge in [-0.1, -0.05) is 27.7 Å². The van der Waals surface area contributed by atoms with Crippen molar-refractivity contribution >= 4 is 29.7 Å². The Kier molecular flexibility index (Phi) is 10.4. The van der Waals surface area contributed by atoms with Crippen LogP contribution in [0.2, 0.25) is 0 Å². The van der Waals surface area contributed by atoms with Crippen molar-refractivity contribution in [3.8, 4) is 0 Å². The Morgan fingerprint density at radius 3 is 1.97 bits per heavy atom. The van der Waals surface area contributed by atoms with Gasteiger partial charge in [0.25, 0.3) is 0 Å². The molecular formula is C20H34N4O7. The fraction of sp³-hybridized carbons (Fsp3) is 0.750. The Balaban J connectivity index is 2.91. The molecule has 3 amide bonds. The van der Waals surface area contributed by atoms with Crippen molar-refractivity contribution < 1.29 is 34.2 Å². The maximum atomic E-state index is 12.9. The summed E-state index contributed by atoms with van der Waals surface area (Å²) in [6.07, 6.45) is 0.894. The highest BCUT2D eigenvalue weighted by Gasteiger charge is 2.33. The van der Waals surface area contributed by atoms with Crippen LogP contribution in [0, 0.1) is 11.8 Å². The smallest absolute Gasteiger partial charge is 0.326 e. The van der Waals surface area contributed by atoms with Crippen molar-refractivity contribution in [1.82, 2.24) is 21.3 Å². The molecule has 31 heavy (non-hydrogen) atoms. The Bertz CT molecular complexity index is 674. The van der Waals surface area contributed by atoms with Gasteiger partial charge < -0.3 is 31.5 Å². The van der Waals surface area contributed by atoms with E-state index in [4.69, 9.17) is 5.11 Å². The molecular weight excluding hydrogens is 408 g/mol. The van der Waals surface area contributed by atoms with Gasteiger partial charge in [-0.2, -0.15) is 0 Å². The molecule has 1 rings (SSSR count). The van der Waals surface area contributed by atoms with Crippen molar-refractivity contribution in [2.45, 2.75) is 77.5 Å². The highest BCUT2D eigenvalue weighted by molar-refractivity contribution is 5.94. The normalized spacial score (nSPS) is 18.8. The monoisotopic (exact) mass is 442 g/mol.